The first kappa shape index (κ1) is 20.4. The Hall–Kier alpha value is -2.50. The van der Waals surface area contributed by atoms with E-state index in [1.165, 1.54) is 29.4 Å². The number of nitrogens with one attached hydrogen (secondary N) is 1. The fourth-order valence-electron chi connectivity index (χ4n) is 4.82. The molecule has 31 heavy (non-hydrogen) atoms. The summed E-state index contributed by atoms with van der Waals surface area (Å²) in [7, 11) is 0. The third-order valence-electron chi connectivity index (χ3n) is 6.44. The summed E-state index contributed by atoms with van der Waals surface area (Å²) in [6.07, 6.45) is 9.23. The Morgan fingerprint density at radius 2 is 2.06 bits per heavy atom. The third kappa shape index (κ3) is 4.73. The van der Waals surface area contributed by atoms with Crippen LogP contribution >= 0.6 is 0 Å². The normalized spacial score (nSPS) is 20.0. The van der Waals surface area contributed by atoms with Gasteiger partial charge in [-0.1, -0.05) is 6.07 Å². The number of fused-ring (bicyclic) bond motifs is 2. The van der Waals surface area contributed by atoms with Crippen LogP contribution in [-0.2, 0) is 30.7 Å². The molecule has 1 aliphatic heterocycles. The SMILES string of the molecule is CC1(C)CC(NCc2cc3cc4c(cc3nc2OCc2cccnc2)CCC4)CCO1. The van der Waals surface area contributed by atoms with Crippen molar-refractivity contribution in [1.29, 1.82) is 0 Å². The highest BCUT2D eigenvalue weighted by molar-refractivity contribution is 5.82. The zero-order valence-corrected chi connectivity index (χ0v) is 18.5. The quantitative estimate of drug-likeness (QED) is 0.628. The van der Waals surface area contributed by atoms with Gasteiger partial charge in [-0.2, -0.15) is 0 Å². The van der Waals surface area contributed by atoms with Crippen molar-refractivity contribution in [3.8, 4) is 5.88 Å². The van der Waals surface area contributed by atoms with E-state index < -0.39 is 0 Å². The molecule has 5 heteroatoms. The predicted octanol–water partition coefficient (Wildman–Crippen LogP) is 4.74. The molecule has 2 aliphatic rings. The second-order valence-corrected chi connectivity index (χ2v) is 9.45. The fraction of sp³-hybridized carbons (Fsp3) is 0.462. The molecule has 1 fully saturated rings. The molecule has 1 aliphatic carbocycles. The average molecular weight is 418 g/mol. The van der Waals surface area contributed by atoms with Crippen LogP contribution in [0.3, 0.4) is 0 Å². The first-order valence-electron chi connectivity index (χ1n) is 11.4. The fourth-order valence-corrected chi connectivity index (χ4v) is 4.82. The number of benzene rings is 1. The summed E-state index contributed by atoms with van der Waals surface area (Å²) < 4.78 is 12.1. The lowest BCUT2D eigenvalue weighted by Crippen LogP contribution is -2.43. The molecule has 0 amide bonds. The number of nitrogens with zero attached hydrogens (tertiary/aromatic N) is 2. The van der Waals surface area contributed by atoms with Crippen LogP contribution in [0.25, 0.3) is 10.9 Å². The van der Waals surface area contributed by atoms with E-state index in [4.69, 9.17) is 14.5 Å². The van der Waals surface area contributed by atoms with Crippen LogP contribution in [0.15, 0.2) is 42.7 Å². The summed E-state index contributed by atoms with van der Waals surface area (Å²) in [4.78, 5) is 9.15. The Kier molecular flexibility index (Phi) is 5.63. The molecule has 1 atom stereocenters. The highest BCUT2D eigenvalue weighted by Gasteiger charge is 2.28. The van der Waals surface area contributed by atoms with Gasteiger partial charge in [0.1, 0.15) is 6.61 Å². The first-order chi connectivity index (χ1) is 15.1. The average Bonchev–Trinajstić information content (AvgIpc) is 3.21. The number of ether oxygens (including phenoxy) is 2. The van der Waals surface area contributed by atoms with Gasteiger partial charge in [0, 0.05) is 48.1 Å². The number of hydrogen-bond donors (Lipinski definition) is 1. The Labute approximate surface area is 184 Å². The molecule has 0 saturated carbocycles. The molecule has 0 bridgehead atoms. The van der Waals surface area contributed by atoms with E-state index in [9.17, 15) is 0 Å². The standard InChI is InChI=1S/C26H31N3O2/c1-26(2)14-23(8-10-31-26)28-16-22-12-21-11-19-6-3-7-20(19)13-24(21)29-25(22)30-17-18-5-4-9-27-15-18/h4-5,9,11-13,15,23,28H,3,6-8,10,14,16-17H2,1-2H3. The minimum absolute atomic E-state index is 0.0717. The summed E-state index contributed by atoms with van der Waals surface area (Å²) in [6.45, 7) is 6.34. The van der Waals surface area contributed by atoms with Crippen LogP contribution in [-0.4, -0.2) is 28.2 Å². The lowest BCUT2D eigenvalue weighted by molar-refractivity contribution is -0.0630. The lowest BCUT2D eigenvalue weighted by Gasteiger charge is -2.36. The zero-order chi connectivity index (χ0) is 21.3. The van der Waals surface area contributed by atoms with Gasteiger partial charge in [0.2, 0.25) is 5.88 Å². The maximum absolute atomic E-state index is 6.22. The molecule has 5 rings (SSSR count). The van der Waals surface area contributed by atoms with E-state index in [1.807, 2.05) is 18.3 Å². The van der Waals surface area contributed by atoms with Crippen LogP contribution in [0.4, 0.5) is 0 Å². The summed E-state index contributed by atoms with van der Waals surface area (Å²) in [5.41, 5.74) is 6.02. The van der Waals surface area contributed by atoms with Gasteiger partial charge in [0.25, 0.3) is 0 Å². The molecule has 1 N–H and O–H groups in total. The van der Waals surface area contributed by atoms with E-state index in [2.05, 4.69) is 42.3 Å². The topological polar surface area (TPSA) is 56.3 Å². The Bertz CT molecular complexity index is 1070. The van der Waals surface area contributed by atoms with Crippen LogP contribution < -0.4 is 10.1 Å². The number of hydrogen-bond acceptors (Lipinski definition) is 5. The molecule has 0 radical (unpaired) electrons. The molecule has 2 aromatic heterocycles. The molecule has 3 heterocycles. The van der Waals surface area contributed by atoms with Crippen molar-refractivity contribution in [2.24, 2.45) is 0 Å². The highest BCUT2D eigenvalue weighted by Crippen LogP contribution is 2.30. The molecular formula is C26H31N3O2. The van der Waals surface area contributed by atoms with Crippen LogP contribution in [0.1, 0.15) is 55.4 Å². The molecule has 162 valence electrons. The molecule has 3 aromatic rings. The van der Waals surface area contributed by atoms with Gasteiger partial charge in [0.05, 0.1) is 11.1 Å². The molecule has 0 spiro atoms. The summed E-state index contributed by atoms with van der Waals surface area (Å²) >= 11 is 0. The number of aryl methyl sites for hydroxylation is 2. The van der Waals surface area contributed by atoms with Crippen molar-refractivity contribution in [2.45, 2.75) is 70.7 Å². The van der Waals surface area contributed by atoms with Crippen LogP contribution in [0.2, 0.25) is 0 Å². The van der Waals surface area contributed by atoms with Gasteiger partial charge < -0.3 is 14.8 Å². The van der Waals surface area contributed by atoms with Gasteiger partial charge in [-0.15, -0.1) is 0 Å². The van der Waals surface area contributed by atoms with Gasteiger partial charge in [-0.3, -0.25) is 4.98 Å². The molecule has 1 unspecified atom stereocenters. The Morgan fingerprint density at radius 1 is 1.19 bits per heavy atom. The zero-order valence-electron chi connectivity index (χ0n) is 18.5. The maximum Gasteiger partial charge on any atom is 0.218 e. The van der Waals surface area contributed by atoms with E-state index in [-0.39, 0.29) is 5.60 Å². The largest absolute Gasteiger partial charge is 0.472 e. The molecule has 5 nitrogen and oxygen atoms in total. The van der Waals surface area contributed by atoms with Crippen molar-refractivity contribution in [1.82, 2.24) is 15.3 Å². The monoisotopic (exact) mass is 417 g/mol. The van der Waals surface area contributed by atoms with Crippen molar-refractivity contribution in [3.05, 3.63) is 65.0 Å². The number of pyridine rings is 2. The molecule has 1 aromatic carbocycles. The summed E-state index contributed by atoms with van der Waals surface area (Å²) in [6, 6.07) is 11.2. The Morgan fingerprint density at radius 3 is 2.87 bits per heavy atom. The van der Waals surface area contributed by atoms with Crippen LogP contribution in [0.5, 0.6) is 5.88 Å². The third-order valence-corrected chi connectivity index (χ3v) is 6.44. The van der Waals surface area contributed by atoms with Gasteiger partial charge in [0.15, 0.2) is 0 Å². The van der Waals surface area contributed by atoms with Crippen molar-refractivity contribution in [3.63, 3.8) is 0 Å². The van der Waals surface area contributed by atoms with E-state index in [1.54, 1.807) is 6.20 Å². The number of rotatable bonds is 6. The van der Waals surface area contributed by atoms with E-state index in [0.717, 1.165) is 49.1 Å². The van der Waals surface area contributed by atoms with Crippen molar-refractivity contribution < 1.29 is 9.47 Å². The smallest absolute Gasteiger partial charge is 0.218 e. The Balaban J connectivity index is 1.41. The van der Waals surface area contributed by atoms with E-state index >= 15 is 0 Å². The highest BCUT2D eigenvalue weighted by atomic mass is 16.5. The van der Waals surface area contributed by atoms with Gasteiger partial charge in [-0.05, 0) is 81.3 Å². The second kappa shape index (κ2) is 8.56. The molecule has 1 saturated heterocycles. The van der Waals surface area contributed by atoms with Crippen molar-refractivity contribution >= 4 is 10.9 Å². The first-order valence-corrected chi connectivity index (χ1v) is 11.4. The van der Waals surface area contributed by atoms with Gasteiger partial charge in [-0.25, -0.2) is 4.98 Å². The number of aromatic nitrogens is 2. The van der Waals surface area contributed by atoms with Crippen LogP contribution in [0, 0.1) is 0 Å². The lowest BCUT2D eigenvalue weighted by atomic mass is 9.94. The minimum Gasteiger partial charge on any atom is -0.472 e. The maximum atomic E-state index is 6.22. The van der Waals surface area contributed by atoms with Gasteiger partial charge >= 0.3 is 0 Å². The summed E-state index contributed by atoms with van der Waals surface area (Å²) in [5, 5.41) is 4.94. The second-order valence-electron chi connectivity index (χ2n) is 9.45. The van der Waals surface area contributed by atoms with E-state index in [0.29, 0.717) is 18.5 Å². The molecular weight excluding hydrogens is 386 g/mol. The summed E-state index contributed by atoms with van der Waals surface area (Å²) in [5.74, 6) is 0.716. The van der Waals surface area contributed by atoms with Crippen molar-refractivity contribution in [2.75, 3.05) is 6.61 Å². The minimum atomic E-state index is -0.0717. The predicted molar refractivity (Wildman–Crippen MR) is 122 cm³/mol.